The second kappa shape index (κ2) is 6.36. The van der Waals surface area contributed by atoms with Crippen LogP contribution in [0.4, 0.5) is 0 Å². The van der Waals surface area contributed by atoms with Gasteiger partial charge in [0, 0.05) is 19.5 Å². The van der Waals surface area contributed by atoms with Crippen molar-refractivity contribution in [2.45, 2.75) is 13.3 Å². The smallest absolute Gasteiger partial charge is 0.226 e. The van der Waals surface area contributed by atoms with Crippen molar-refractivity contribution in [3.05, 3.63) is 41.5 Å². The molecule has 1 amide bonds. The van der Waals surface area contributed by atoms with Crippen LogP contribution in [0, 0.1) is 0 Å². The van der Waals surface area contributed by atoms with Gasteiger partial charge in [0.25, 0.3) is 0 Å². The first-order valence-corrected chi connectivity index (χ1v) is 6.33. The van der Waals surface area contributed by atoms with Gasteiger partial charge in [0.2, 0.25) is 5.91 Å². The lowest BCUT2D eigenvalue weighted by Crippen LogP contribution is -2.40. The number of nitrogens with zero attached hydrogens (tertiary/aromatic N) is 1. The fourth-order valence-corrected chi connectivity index (χ4v) is 2.05. The van der Waals surface area contributed by atoms with E-state index >= 15 is 0 Å². The minimum Gasteiger partial charge on any atom is -0.378 e. The van der Waals surface area contributed by atoms with Gasteiger partial charge in [0.1, 0.15) is 0 Å². The molecule has 3 nitrogen and oxygen atoms in total. The summed E-state index contributed by atoms with van der Waals surface area (Å²) in [5, 5.41) is 0. The SMILES string of the molecule is CC(=Cc1ccccc1)CC(=O)N1CCOCC1. The van der Waals surface area contributed by atoms with Gasteiger partial charge in [-0.05, 0) is 12.5 Å². The Hall–Kier alpha value is -1.61. The number of carbonyl (C=O) groups excluding carboxylic acids is 1. The van der Waals surface area contributed by atoms with Crippen LogP contribution < -0.4 is 0 Å². The first-order chi connectivity index (χ1) is 8.75. The summed E-state index contributed by atoms with van der Waals surface area (Å²) in [6.45, 7) is 4.76. The molecule has 1 saturated heterocycles. The quantitative estimate of drug-likeness (QED) is 0.818. The molecule has 3 heteroatoms. The predicted molar refractivity (Wildman–Crippen MR) is 72.1 cm³/mol. The highest BCUT2D eigenvalue weighted by Crippen LogP contribution is 2.11. The molecule has 0 saturated carbocycles. The van der Waals surface area contributed by atoms with Crippen LogP contribution in [0.1, 0.15) is 18.9 Å². The van der Waals surface area contributed by atoms with Gasteiger partial charge in [-0.2, -0.15) is 0 Å². The summed E-state index contributed by atoms with van der Waals surface area (Å²) in [6, 6.07) is 10.1. The summed E-state index contributed by atoms with van der Waals surface area (Å²) in [6.07, 6.45) is 2.56. The molecule has 0 radical (unpaired) electrons. The summed E-state index contributed by atoms with van der Waals surface area (Å²) in [7, 11) is 0. The van der Waals surface area contributed by atoms with E-state index in [0.717, 1.165) is 24.2 Å². The predicted octanol–water partition coefficient (Wildman–Crippen LogP) is 2.34. The van der Waals surface area contributed by atoms with E-state index in [1.54, 1.807) is 0 Å². The average molecular weight is 245 g/mol. The molecule has 96 valence electrons. The summed E-state index contributed by atoms with van der Waals surface area (Å²) in [4.78, 5) is 13.9. The van der Waals surface area contributed by atoms with Gasteiger partial charge in [-0.1, -0.05) is 42.0 Å². The van der Waals surface area contributed by atoms with Crippen molar-refractivity contribution >= 4 is 12.0 Å². The second-order valence-corrected chi connectivity index (χ2v) is 4.57. The third kappa shape index (κ3) is 3.70. The number of carbonyl (C=O) groups is 1. The molecule has 0 aromatic heterocycles. The highest BCUT2D eigenvalue weighted by molar-refractivity contribution is 5.80. The van der Waals surface area contributed by atoms with Crippen molar-refractivity contribution in [1.29, 1.82) is 0 Å². The molecule has 0 aliphatic carbocycles. The number of hydrogen-bond donors (Lipinski definition) is 0. The summed E-state index contributed by atoms with van der Waals surface area (Å²) >= 11 is 0. The minimum absolute atomic E-state index is 0.197. The van der Waals surface area contributed by atoms with Gasteiger partial charge in [0.15, 0.2) is 0 Å². The molecule has 1 aliphatic heterocycles. The molecule has 1 heterocycles. The zero-order valence-corrected chi connectivity index (χ0v) is 10.8. The molecular weight excluding hydrogens is 226 g/mol. The normalized spacial score (nSPS) is 16.7. The Labute approximate surface area is 108 Å². The zero-order chi connectivity index (χ0) is 12.8. The first kappa shape index (κ1) is 12.8. The fourth-order valence-electron chi connectivity index (χ4n) is 2.05. The maximum absolute atomic E-state index is 12.0. The lowest BCUT2D eigenvalue weighted by molar-refractivity contribution is -0.134. The van der Waals surface area contributed by atoms with Crippen molar-refractivity contribution in [1.82, 2.24) is 4.90 Å². The van der Waals surface area contributed by atoms with Gasteiger partial charge in [-0.15, -0.1) is 0 Å². The van der Waals surface area contributed by atoms with E-state index in [1.807, 2.05) is 42.2 Å². The molecule has 1 aromatic carbocycles. The fraction of sp³-hybridized carbons (Fsp3) is 0.400. The van der Waals surface area contributed by atoms with Crippen molar-refractivity contribution < 1.29 is 9.53 Å². The molecular formula is C15H19NO2. The Morgan fingerprint density at radius 2 is 1.94 bits per heavy atom. The van der Waals surface area contributed by atoms with Gasteiger partial charge < -0.3 is 9.64 Å². The van der Waals surface area contributed by atoms with E-state index in [2.05, 4.69) is 6.08 Å². The Morgan fingerprint density at radius 3 is 2.61 bits per heavy atom. The standard InChI is InChI=1S/C15H19NO2/c1-13(11-14-5-3-2-4-6-14)12-15(17)16-7-9-18-10-8-16/h2-6,11H,7-10,12H2,1H3. The van der Waals surface area contributed by atoms with E-state index in [1.165, 1.54) is 0 Å². The van der Waals surface area contributed by atoms with Crippen LogP contribution in [0.15, 0.2) is 35.9 Å². The molecule has 0 N–H and O–H groups in total. The third-order valence-electron chi connectivity index (χ3n) is 3.01. The van der Waals surface area contributed by atoms with Crippen LogP contribution in [-0.4, -0.2) is 37.1 Å². The highest BCUT2D eigenvalue weighted by atomic mass is 16.5. The second-order valence-electron chi connectivity index (χ2n) is 4.57. The van der Waals surface area contributed by atoms with Crippen molar-refractivity contribution in [3.63, 3.8) is 0 Å². The number of benzene rings is 1. The molecule has 1 aromatic rings. The Balaban J connectivity index is 1.92. The molecule has 2 rings (SSSR count). The molecule has 0 unspecified atom stereocenters. The number of ether oxygens (including phenoxy) is 1. The minimum atomic E-state index is 0.197. The number of rotatable bonds is 3. The van der Waals surface area contributed by atoms with E-state index in [4.69, 9.17) is 4.74 Å². The monoisotopic (exact) mass is 245 g/mol. The first-order valence-electron chi connectivity index (χ1n) is 6.33. The van der Waals surface area contributed by atoms with E-state index in [0.29, 0.717) is 19.6 Å². The molecule has 0 bridgehead atoms. The lowest BCUT2D eigenvalue weighted by atomic mass is 10.1. The van der Waals surface area contributed by atoms with E-state index in [9.17, 15) is 4.79 Å². The van der Waals surface area contributed by atoms with Crippen LogP contribution in [0.5, 0.6) is 0 Å². The number of amides is 1. The van der Waals surface area contributed by atoms with Crippen molar-refractivity contribution in [3.8, 4) is 0 Å². The van der Waals surface area contributed by atoms with Gasteiger partial charge in [-0.3, -0.25) is 4.79 Å². The van der Waals surface area contributed by atoms with Crippen LogP contribution in [-0.2, 0) is 9.53 Å². The molecule has 0 atom stereocenters. The Morgan fingerprint density at radius 1 is 1.28 bits per heavy atom. The van der Waals surface area contributed by atoms with E-state index in [-0.39, 0.29) is 5.91 Å². The molecule has 18 heavy (non-hydrogen) atoms. The maximum atomic E-state index is 12.0. The van der Waals surface area contributed by atoms with Crippen LogP contribution in [0.25, 0.3) is 6.08 Å². The van der Waals surface area contributed by atoms with Crippen molar-refractivity contribution in [2.75, 3.05) is 26.3 Å². The van der Waals surface area contributed by atoms with Gasteiger partial charge >= 0.3 is 0 Å². The van der Waals surface area contributed by atoms with Crippen LogP contribution in [0.3, 0.4) is 0 Å². The zero-order valence-electron chi connectivity index (χ0n) is 10.8. The van der Waals surface area contributed by atoms with Crippen molar-refractivity contribution in [2.24, 2.45) is 0 Å². The summed E-state index contributed by atoms with van der Waals surface area (Å²) < 4.78 is 5.24. The topological polar surface area (TPSA) is 29.5 Å². The van der Waals surface area contributed by atoms with Gasteiger partial charge in [-0.25, -0.2) is 0 Å². The van der Waals surface area contributed by atoms with Crippen LogP contribution >= 0.6 is 0 Å². The number of hydrogen-bond acceptors (Lipinski definition) is 2. The summed E-state index contributed by atoms with van der Waals surface area (Å²) in [5.74, 6) is 0.197. The molecule has 1 aliphatic rings. The summed E-state index contributed by atoms with van der Waals surface area (Å²) in [5.41, 5.74) is 2.24. The molecule has 1 fully saturated rings. The third-order valence-corrected chi connectivity index (χ3v) is 3.01. The Bertz CT molecular complexity index is 419. The maximum Gasteiger partial charge on any atom is 0.226 e. The highest BCUT2D eigenvalue weighted by Gasteiger charge is 2.16. The van der Waals surface area contributed by atoms with Crippen LogP contribution in [0.2, 0.25) is 0 Å². The lowest BCUT2D eigenvalue weighted by Gasteiger charge is -2.27. The number of morpholine rings is 1. The average Bonchev–Trinajstić information content (AvgIpc) is 2.40. The van der Waals surface area contributed by atoms with Gasteiger partial charge in [0.05, 0.1) is 13.2 Å². The van der Waals surface area contributed by atoms with E-state index < -0.39 is 0 Å². The molecule has 0 spiro atoms. The Kier molecular flexibility index (Phi) is 4.53. The largest absolute Gasteiger partial charge is 0.378 e.